The molecular weight excluding hydrogens is 440 g/mol. The number of aliphatic hydroxyl groups excluding tert-OH is 1. The molecular formula is C24H38N4O6. The fourth-order valence-electron chi connectivity index (χ4n) is 4.20. The second-order valence-corrected chi connectivity index (χ2v) is 9.10. The number of unbranched alkanes of at least 4 members (excludes halogenated alkanes) is 1. The minimum atomic E-state index is -0.969. The van der Waals surface area contributed by atoms with Gasteiger partial charge in [0.1, 0.15) is 6.23 Å². The fourth-order valence-corrected chi connectivity index (χ4v) is 4.20. The Morgan fingerprint density at radius 1 is 1.26 bits per heavy atom. The Labute approximate surface area is 201 Å². The largest absolute Gasteiger partial charge is 0.469 e. The number of rotatable bonds is 13. The number of hydrogen-bond donors (Lipinski definition) is 3. The van der Waals surface area contributed by atoms with Crippen molar-refractivity contribution in [3.8, 4) is 0 Å². The van der Waals surface area contributed by atoms with Crippen molar-refractivity contribution in [2.24, 2.45) is 11.8 Å². The lowest BCUT2D eigenvalue weighted by molar-refractivity contribution is -0.385. The number of carbonyl (C=O) groups excluding carboxylic acids is 2. The third-order valence-corrected chi connectivity index (χ3v) is 6.49. The predicted octanol–water partition coefficient (Wildman–Crippen LogP) is 2.37. The van der Waals surface area contributed by atoms with Gasteiger partial charge in [0.05, 0.1) is 24.5 Å². The van der Waals surface area contributed by atoms with E-state index in [0.717, 1.165) is 38.8 Å². The topological polar surface area (TPSA) is 134 Å². The quantitative estimate of drug-likeness (QED) is 0.129. The van der Waals surface area contributed by atoms with E-state index >= 15 is 0 Å². The number of para-hydroxylation sites is 1. The number of carbonyl (C=O) groups is 2. The van der Waals surface area contributed by atoms with Crippen LogP contribution in [0.1, 0.15) is 57.1 Å². The maximum absolute atomic E-state index is 12.3. The number of esters is 1. The molecule has 1 aromatic rings. The first-order valence-corrected chi connectivity index (χ1v) is 11.9. The zero-order valence-electron chi connectivity index (χ0n) is 20.4. The Balaban J connectivity index is 1.82. The number of nitrogens with zero attached hydrogens (tertiary/aromatic N) is 2. The molecule has 0 bridgehead atoms. The molecule has 3 N–H and O–H groups in total. The first kappa shape index (κ1) is 27.7. The van der Waals surface area contributed by atoms with Crippen molar-refractivity contribution >= 4 is 17.6 Å². The van der Waals surface area contributed by atoms with Crippen LogP contribution in [0.3, 0.4) is 0 Å². The number of nitro groups is 1. The zero-order valence-corrected chi connectivity index (χ0v) is 20.4. The van der Waals surface area contributed by atoms with Crippen LogP contribution in [0.5, 0.6) is 0 Å². The lowest BCUT2D eigenvalue weighted by Gasteiger charge is -2.28. The van der Waals surface area contributed by atoms with Crippen molar-refractivity contribution in [2.75, 3.05) is 33.8 Å². The number of piperidine rings is 1. The lowest BCUT2D eigenvalue weighted by Crippen LogP contribution is -2.39. The third-order valence-electron chi connectivity index (χ3n) is 6.49. The number of nitrogens with one attached hydrogen (secondary N) is 2. The molecule has 1 amide bonds. The summed E-state index contributed by atoms with van der Waals surface area (Å²) in [6.45, 7) is 4.37. The first-order valence-electron chi connectivity index (χ1n) is 11.9. The summed E-state index contributed by atoms with van der Waals surface area (Å²) in [6, 6.07) is 5.39. The molecule has 1 aliphatic heterocycles. The van der Waals surface area contributed by atoms with E-state index in [1.807, 2.05) is 6.92 Å². The summed E-state index contributed by atoms with van der Waals surface area (Å²) in [5.41, 5.74) is 0.199. The normalized spacial score (nSPS) is 17.5. The summed E-state index contributed by atoms with van der Waals surface area (Å²) in [4.78, 5) is 37.4. The van der Waals surface area contributed by atoms with Gasteiger partial charge in [-0.15, -0.1) is 0 Å². The Morgan fingerprint density at radius 2 is 1.94 bits per heavy atom. The van der Waals surface area contributed by atoms with Gasteiger partial charge >= 0.3 is 5.97 Å². The van der Waals surface area contributed by atoms with Crippen LogP contribution in [-0.2, 0) is 14.3 Å². The summed E-state index contributed by atoms with van der Waals surface area (Å²) in [6.07, 6.45) is 2.97. The zero-order chi connectivity index (χ0) is 25.1. The number of methoxy groups -OCH3 is 1. The standard InChI is InChI=1S/C24H38N4O6/c1-17(8-6-7-13-25-24(31)18-11-14-27(2)15-12-18)23(30)26-20(16-22(29)34-3)19-9-4-5-10-21(19)28(32)33/h4-5,9-10,17-18,20,23,26,30H,6-8,11-16H2,1-3H3,(H,25,31). The molecule has 190 valence electrons. The Hall–Kier alpha value is -2.56. The van der Waals surface area contributed by atoms with E-state index in [1.54, 1.807) is 18.2 Å². The third kappa shape index (κ3) is 8.66. The molecule has 3 atom stereocenters. The molecule has 10 nitrogen and oxygen atoms in total. The van der Waals surface area contributed by atoms with E-state index < -0.39 is 23.2 Å². The number of aliphatic hydroxyl groups is 1. The molecule has 0 aromatic heterocycles. The van der Waals surface area contributed by atoms with E-state index in [9.17, 15) is 24.8 Å². The highest BCUT2D eigenvalue weighted by atomic mass is 16.6. The number of nitro benzene ring substituents is 1. The predicted molar refractivity (Wildman–Crippen MR) is 128 cm³/mol. The molecule has 34 heavy (non-hydrogen) atoms. The van der Waals surface area contributed by atoms with Crippen molar-refractivity contribution in [3.05, 3.63) is 39.9 Å². The molecule has 1 heterocycles. The van der Waals surface area contributed by atoms with Crippen LogP contribution in [-0.4, -0.2) is 66.8 Å². The van der Waals surface area contributed by atoms with Crippen LogP contribution in [0.4, 0.5) is 5.69 Å². The molecule has 0 aliphatic carbocycles. The highest BCUT2D eigenvalue weighted by Crippen LogP contribution is 2.28. The maximum atomic E-state index is 12.3. The Kier molecular flexibility index (Phi) is 11.4. The van der Waals surface area contributed by atoms with Crippen LogP contribution in [0, 0.1) is 22.0 Å². The summed E-state index contributed by atoms with van der Waals surface area (Å²) >= 11 is 0. The number of hydrogen-bond acceptors (Lipinski definition) is 8. The lowest BCUT2D eigenvalue weighted by atomic mass is 9.96. The SMILES string of the molecule is COC(=O)CC(NC(O)C(C)CCCCNC(=O)C1CCN(C)CC1)c1ccccc1[N+](=O)[O-]. The van der Waals surface area contributed by atoms with E-state index in [-0.39, 0.29) is 29.9 Å². The van der Waals surface area contributed by atoms with Crippen molar-refractivity contribution in [1.29, 1.82) is 0 Å². The molecule has 1 saturated heterocycles. The van der Waals surface area contributed by atoms with Crippen molar-refractivity contribution < 1.29 is 24.4 Å². The monoisotopic (exact) mass is 478 g/mol. The molecule has 0 spiro atoms. The van der Waals surface area contributed by atoms with Crippen LogP contribution in [0.15, 0.2) is 24.3 Å². The van der Waals surface area contributed by atoms with E-state index in [2.05, 4.69) is 22.6 Å². The maximum Gasteiger partial charge on any atom is 0.307 e. The van der Waals surface area contributed by atoms with Gasteiger partial charge in [0.2, 0.25) is 5.91 Å². The van der Waals surface area contributed by atoms with Crippen molar-refractivity contribution in [1.82, 2.24) is 15.5 Å². The minimum absolute atomic E-state index is 0.0925. The number of likely N-dealkylation sites (tertiary alicyclic amines) is 1. The van der Waals surface area contributed by atoms with Gasteiger partial charge in [0.25, 0.3) is 5.69 Å². The highest BCUT2D eigenvalue weighted by Gasteiger charge is 2.28. The van der Waals surface area contributed by atoms with Crippen LogP contribution >= 0.6 is 0 Å². The first-order chi connectivity index (χ1) is 16.2. The second-order valence-electron chi connectivity index (χ2n) is 9.10. The summed E-state index contributed by atoms with van der Waals surface area (Å²) < 4.78 is 4.74. The van der Waals surface area contributed by atoms with Crippen LogP contribution in [0.2, 0.25) is 0 Å². The van der Waals surface area contributed by atoms with E-state index in [1.165, 1.54) is 13.2 Å². The Bertz CT molecular complexity index is 812. The number of amides is 1. The van der Waals surface area contributed by atoms with Crippen LogP contribution < -0.4 is 10.6 Å². The average molecular weight is 479 g/mol. The molecule has 1 aliphatic rings. The Morgan fingerprint density at radius 3 is 2.59 bits per heavy atom. The van der Waals surface area contributed by atoms with Crippen molar-refractivity contribution in [2.45, 2.75) is 57.7 Å². The molecule has 1 fully saturated rings. The van der Waals surface area contributed by atoms with Gasteiger partial charge in [-0.1, -0.05) is 31.5 Å². The van der Waals surface area contributed by atoms with Gasteiger partial charge in [0, 0.05) is 24.1 Å². The van der Waals surface area contributed by atoms with Crippen molar-refractivity contribution in [3.63, 3.8) is 0 Å². The van der Waals surface area contributed by atoms with E-state index in [0.29, 0.717) is 18.5 Å². The molecule has 2 rings (SSSR count). The van der Waals surface area contributed by atoms with Gasteiger partial charge < -0.3 is 20.1 Å². The fraction of sp³-hybridized carbons (Fsp3) is 0.667. The van der Waals surface area contributed by atoms with Gasteiger partial charge in [-0.05, 0) is 51.7 Å². The minimum Gasteiger partial charge on any atom is -0.469 e. The van der Waals surface area contributed by atoms with Crippen LogP contribution in [0.25, 0.3) is 0 Å². The van der Waals surface area contributed by atoms with Gasteiger partial charge in [-0.25, -0.2) is 0 Å². The number of ether oxygens (including phenoxy) is 1. The molecule has 0 radical (unpaired) electrons. The smallest absolute Gasteiger partial charge is 0.307 e. The summed E-state index contributed by atoms with van der Waals surface area (Å²) in [5, 5.41) is 28.1. The second kappa shape index (κ2) is 14.0. The molecule has 1 aromatic carbocycles. The molecule has 0 saturated carbocycles. The highest BCUT2D eigenvalue weighted by molar-refractivity contribution is 5.78. The summed E-state index contributed by atoms with van der Waals surface area (Å²) in [7, 11) is 3.32. The number of benzene rings is 1. The van der Waals surface area contributed by atoms with Gasteiger partial charge in [0.15, 0.2) is 0 Å². The van der Waals surface area contributed by atoms with Gasteiger partial charge in [-0.3, -0.25) is 25.0 Å². The molecule has 3 unspecified atom stereocenters. The molecule has 10 heteroatoms. The van der Waals surface area contributed by atoms with E-state index in [4.69, 9.17) is 4.74 Å². The average Bonchev–Trinajstić information content (AvgIpc) is 2.83. The summed E-state index contributed by atoms with van der Waals surface area (Å²) in [5.74, 6) is -0.476. The van der Waals surface area contributed by atoms with Gasteiger partial charge in [-0.2, -0.15) is 0 Å².